The molecule has 1 aromatic carbocycles. The largest absolute Gasteiger partial charge is 0.401 e. The summed E-state index contributed by atoms with van der Waals surface area (Å²) in [5, 5.41) is 3.20. The van der Waals surface area contributed by atoms with Crippen LogP contribution in [-0.4, -0.2) is 37.9 Å². The predicted octanol–water partition coefficient (Wildman–Crippen LogP) is 3.58. The summed E-state index contributed by atoms with van der Waals surface area (Å²) in [7, 11) is -1.87. The van der Waals surface area contributed by atoms with E-state index in [4.69, 9.17) is 10.2 Å². The minimum atomic E-state index is -1.87. The zero-order chi connectivity index (χ0) is 18.4. The Bertz CT molecular complexity index is 669. The van der Waals surface area contributed by atoms with Gasteiger partial charge >= 0.3 is 0 Å². The Labute approximate surface area is 152 Å². The number of nitrogens with zero attached hydrogens (tertiary/aromatic N) is 1. The number of benzene rings is 1. The number of carbonyl (C=O) groups excluding carboxylic acids is 1. The van der Waals surface area contributed by atoms with Crippen molar-refractivity contribution in [3.8, 4) is 0 Å². The fraction of sp³-hybridized carbons (Fsp3) is 0.632. The molecule has 0 bridgehead atoms. The van der Waals surface area contributed by atoms with Gasteiger partial charge in [0.2, 0.25) is 5.91 Å². The molecule has 3 N–H and O–H groups in total. The van der Waals surface area contributed by atoms with Crippen LogP contribution in [0.25, 0.3) is 0 Å². The van der Waals surface area contributed by atoms with Crippen molar-refractivity contribution in [3.63, 3.8) is 0 Å². The van der Waals surface area contributed by atoms with E-state index in [1.54, 1.807) is 0 Å². The monoisotopic (exact) mass is 361 g/mol. The number of rotatable bonds is 3. The van der Waals surface area contributed by atoms with E-state index in [0.717, 1.165) is 37.1 Å². The van der Waals surface area contributed by atoms with Gasteiger partial charge in [0.15, 0.2) is 8.32 Å². The van der Waals surface area contributed by atoms with E-state index in [1.807, 2.05) is 18.2 Å². The molecule has 2 atom stereocenters. The fourth-order valence-corrected chi connectivity index (χ4v) is 4.72. The molecular formula is C19H31N3O2Si. The third-order valence-corrected chi connectivity index (χ3v) is 10.5. The van der Waals surface area contributed by atoms with Crippen molar-refractivity contribution in [2.24, 2.45) is 0 Å². The number of carbonyl (C=O) groups is 1. The molecule has 138 valence electrons. The summed E-state index contributed by atoms with van der Waals surface area (Å²) in [6.07, 6.45) is 2.86. The van der Waals surface area contributed by atoms with Gasteiger partial charge in [0.1, 0.15) is 0 Å². The first-order valence-electron chi connectivity index (χ1n) is 9.21. The Morgan fingerprint density at radius 2 is 2.04 bits per heavy atom. The lowest BCUT2D eigenvalue weighted by molar-refractivity contribution is -0.124. The molecular weight excluding hydrogens is 330 g/mol. The Morgan fingerprint density at radius 3 is 2.72 bits per heavy atom. The number of amides is 1. The lowest BCUT2D eigenvalue weighted by Gasteiger charge is -2.42. The Hall–Kier alpha value is -1.37. The third kappa shape index (κ3) is 3.61. The van der Waals surface area contributed by atoms with Crippen LogP contribution in [-0.2, 0) is 15.6 Å². The first-order chi connectivity index (χ1) is 11.6. The topological polar surface area (TPSA) is 67.6 Å². The van der Waals surface area contributed by atoms with Gasteiger partial charge in [-0.05, 0) is 55.1 Å². The van der Waals surface area contributed by atoms with E-state index in [-0.39, 0.29) is 23.2 Å². The number of likely N-dealkylation sites (tertiary alicyclic amines) is 1. The van der Waals surface area contributed by atoms with E-state index in [9.17, 15) is 4.79 Å². The number of nitrogens with one attached hydrogen (secondary N) is 1. The van der Waals surface area contributed by atoms with Gasteiger partial charge in [-0.3, -0.25) is 9.69 Å². The molecule has 5 nitrogen and oxygen atoms in total. The Morgan fingerprint density at radius 1 is 1.32 bits per heavy atom. The zero-order valence-corrected chi connectivity index (χ0v) is 17.1. The first kappa shape index (κ1) is 18.4. The minimum absolute atomic E-state index is 0.0481. The lowest BCUT2D eigenvalue weighted by atomic mass is 9.97. The quantitative estimate of drug-likeness (QED) is 0.638. The second kappa shape index (κ2) is 6.41. The SMILES string of the molecule is CC(C)(C)[Si](C)(C)O[C@H]1CCCN1C1Cc2ccc(N)cc2NC1=O. The molecule has 1 saturated heterocycles. The normalized spacial score (nSPS) is 24.9. The number of hydrogen-bond donors (Lipinski definition) is 2. The average Bonchev–Trinajstić information content (AvgIpc) is 2.92. The maximum atomic E-state index is 12.7. The Balaban J connectivity index is 1.79. The van der Waals surface area contributed by atoms with Crippen molar-refractivity contribution < 1.29 is 9.22 Å². The van der Waals surface area contributed by atoms with Crippen LogP contribution in [0.2, 0.25) is 18.1 Å². The van der Waals surface area contributed by atoms with E-state index in [1.165, 1.54) is 0 Å². The fourth-order valence-electron chi connectivity index (χ4n) is 3.43. The van der Waals surface area contributed by atoms with Crippen molar-refractivity contribution in [2.45, 2.75) is 70.4 Å². The Kier molecular flexibility index (Phi) is 4.72. The number of nitrogens with two attached hydrogens (primary N) is 1. The molecule has 0 saturated carbocycles. The van der Waals surface area contributed by atoms with Crippen LogP contribution in [0.3, 0.4) is 0 Å². The van der Waals surface area contributed by atoms with Gasteiger partial charge in [0, 0.05) is 17.9 Å². The molecule has 0 aromatic heterocycles. The van der Waals surface area contributed by atoms with Crippen molar-refractivity contribution in [3.05, 3.63) is 23.8 Å². The van der Waals surface area contributed by atoms with Gasteiger partial charge in [-0.15, -0.1) is 0 Å². The first-order valence-corrected chi connectivity index (χ1v) is 12.1. The summed E-state index contributed by atoms with van der Waals surface area (Å²) in [6.45, 7) is 12.2. The second-order valence-electron chi connectivity index (χ2n) is 8.84. The summed E-state index contributed by atoms with van der Waals surface area (Å²) in [4.78, 5) is 15.0. The number of hydrogen-bond acceptors (Lipinski definition) is 4. The molecule has 0 radical (unpaired) electrons. The molecule has 2 heterocycles. The maximum Gasteiger partial charge on any atom is 0.242 e. The van der Waals surface area contributed by atoms with Gasteiger partial charge in [0.25, 0.3) is 0 Å². The minimum Gasteiger partial charge on any atom is -0.401 e. The van der Waals surface area contributed by atoms with E-state index >= 15 is 0 Å². The van der Waals surface area contributed by atoms with Crippen molar-refractivity contribution >= 4 is 25.6 Å². The van der Waals surface area contributed by atoms with Gasteiger partial charge in [0.05, 0.1) is 12.3 Å². The van der Waals surface area contributed by atoms with Gasteiger partial charge in [-0.25, -0.2) is 0 Å². The van der Waals surface area contributed by atoms with Gasteiger partial charge in [-0.2, -0.15) is 0 Å². The van der Waals surface area contributed by atoms with Crippen LogP contribution in [0, 0.1) is 0 Å². The van der Waals surface area contributed by atoms with Crippen LogP contribution >= 0.6 is 0 Å². The highest BCUT2D eigenvalue weighted by atomic mass is 28.4. The summed E-state index contributed by atoms with van der Waals surface area (Å²) < 4.78 is 6.65. The highest BCUT2D eigenvalue weighted by molar-refractivity contribution is 6.74. The molecule has 0 spiro atoms. The van der Waals surface area contributed by atoms with E-state index in [0.29, 0.717) is 5.69 Å². The van der Waals surface area contributed by atoms with Crippen LogP contribution < -0.4 is 11.1 Å². The molecule has 0 aliphatic carbocycles. The standard InChI is InChI=1S/C19H31N3O2Si/c1-19(2,3)25(4,5)24-17-7-6-10-22(17)16-11-13-8-9-14(20)12-15(13)21-18(16)23/h8-9,12,16-17H,6-7,10-11,20H2,1-5H3,(H,21,23)/t16?,17-/m0/s1. The maximum absolute atomic E-state index is 12.7. The molecule has 1 aromatic rings. The molecule has 2 aliphatic heterocycles. The van der Waals surface area contributed by atoms with Crippen LogP contribution in [0.5, 0.6) is 0 Å². The van der Waals surface area contributed by atoms with E-state index < -0.39 is 8.32 Å². The number of fused-ring (bicyclic) bond motifs is 1. The summed E-state index contributed by atoms with van der Waals surface area (Å²) in [6, 6.07) is 5.61. The molecule has 1 unspecified atom stereocenters. The van der Waals surface area contributed by atoms with Crippen molar-refractivity contribution in [1.29, 1.82) is 0 Å². The second-order valence-corrected chi connectivity index (χ2v) is 13.6. The van der Waals surface area contributed by atoms with Crippen molar-refractivity contribution in [1.82, 2.24) is 4.90 Å². The molecule has 1 amide bonds. The molecule has 25 heavy (non-hydrogen) atoms. The zero-order valence-electron chi connectivity index (χ0n) is 16.1. The van der Waals surface area contributed by atoms with Crippen LogP contribution in [0.15, 0.2) is 18.2 Å². The van der Waals surface area contributed by atoms with E-state index in [2.05, 4.69) is 44.1 Å². The van der Waals surface area contributed by atoms with Gasteiger partial charge < -0.3 is 15.5 Å². The van der Waals surface area contributed by atoms with Crippen LogP contribution in [0.1, 0.15) is 39.2 Å². The van der Waals surface area contributed by atoms with Gasteiger partial charge in [-0.1, -0.05) is 26.8 Å². The number of nitrogen functional groups attached to an aromatic ring is 1. The molecule has 6 heteroatoms. The molecule has 2 aliphatic rings. The summed E-state index contributed by atoms with van der Waals surface area (Å²) in [5.41, 5.74) is 8.52. The highest BCUT2D eigenvalue weighted by Crippen LogP contribution is 2.40. The predicted molar refractivity (Wildman–Crippen MR) is 105 cm³/mol. The average molecular weight is 362 g/mol. The summed E-state index contributed by atoms with van der Waals surface area (Å²) >= 11 is 0. The smallest absolute Gasteiger partial charge is 0.242 e. The molecule has 3 rings (SSSR count). The van der Waals surface area contributed by atoms with Crippen molar-refractivity contribution in [2.75, 3.05) is 17.6 Å². The highest BCUT2D eigenvalue weighted by Gasteiger charge is 2.44. The lowest BCUT2D eigenvalue weighted by Crippen LogP contribution is -2.54. The van der Waals surface area contributed by atoms with Crippen LogP contribution in [0.4, 0.5) is 11.4 Å². The third-order valence-electron chi connectivity index (χ3n) is 5.98. The number of anilines is 2. The molecule has 1 fully saturated rings. The summed E-state index contributed by atoms with van der Waals surface area (Å²) in [5.74, 6) is 0.0591.